The topological polar surface area (TPSA) is 49.8 Å². The lowest BCUT2D eigenvalue weighted by Gasteiger charge is -2.32. The van der Waals surface area contributed by atoms with Crippen molar-refractivity contribution in [3.05, 3.63) is 59.7 Å². The molecule has 1 aliphatic heterocycles. The Kier molecular flexibility index (Phi) is 5.40. The Bertz CT molecular complexity index is 765. The molecular formula is C20H21F2NO3. The SMILES string of the molecule is O=C(Cc1cc(O)ccc1OCc1ccccc1)N1CCCC(F)(F)C1. The fourth-order valence-corrected chi connectivity index (χ4v) is 3.03. The molecule has 3 rings (SSSR count). The first-order chi connectivity index (χ1) is 12.4. The molecule has 2 aromatic carbocycles. The minimum Gasteiger partial charge on any atom is -0.508 e. The van der Waals surface area contributed by atoms with Crippen LogP contribution in [0.15, 0.2) is 48.5 Å². The number of ether oxygens (including phenoxy) is 1. The Morgan fingerprint density at radius 3 is 2.69 bits per heavy atom. The molecule has 1 aliphatic rings. The number of piperidine rings is 1. The van der Waals surface area contributed by atoms with E-state index >= 15 is 0 Å². The standard InChI is InChI=1S/C20H21F2NO3/c21-20(22)9-4-10-23(14-20)19(25)12-16-11-17(24)7-8-18(16)26-13-15-5-2-1-3-6-15/h1-3,5-8,11,24H,4,9-10,12-14H2. The Morgan fingerprint density at radius 2 is 1.96 bits per heavy atom. The van der Waals surface area contributed by atoms with E-state index in [4.69, 9.17) is 4.74 Å². The number of hydrogen-bond donors (Lipinski definition) is 1. The van der Waals surface area contributed by atoms with Gasteiger partial charge in [-0.1, -0.05) is 30.3 Å². The third-order valence-electron chi connectivity index (χ3n) is 4.37. The molecule has 0 atom stereocenters. The van der Waals surface area contributed by atoms with Crippen LogP contribution in [0.25, 0.3) is 0 Å². The zero-order valence-corrected chi connectivity index (χ0v) is 14.3. The fourth-order valence-electron chi connectivity index (χ4n) is 3.03. The van der Waals surface area contributed by atoms with Crippen LogP contribution < -0.4 is 4.74 Å². The van der Waals surface area contributed by atoms with Gasteiger partial charge in [0.1, 0.15) is 18.1 Å². The first kappa shape index (κ1) is 18.2. The number of aromatic hydroxyl groups is 1. The smallest absolute Gasteiger partial charge is 0.265 e. The number of carbonyl (C=O) groups excluding carboxylic acids is 1. The van der Waals surface area contributed by atoms with Gasteiger partial charge in [0.2, 0.25) is 5.91 Å². The molecular weight excluding hydrogens is 340 g/mol. The Hall–Kier alpha value is -2.63. The van der Waals surface area contributed by atoms with Crippen LogP contribution >= 0.6 is 0 Å². The lowest BCUT2D eigenvalue weighted by molar-refractivity contribution is -0.140. The summed E-state index contributed by atoms with van der Waals surface area (Å²) in [6.45, 7) is 0.0902. The van der Waals surface area contributed by atoms with Crippen LogP contribution in [0.2, 0.25) is 0 Å². The fraction of sp³-hybridized carbons (Fsp3) is 0.350. The summed E-state index contributed by atoms with van der Waals surface area (Å²) in [5, 5.41) is 9.73. The van der Waals surface area contributed by atoms with E-state index in [1.54, 1.807) is 6.07 Å². The van der Waals surface area contributed by atoms with Crippen LogP contribution in [-0.4, -0.2) is 34.9 Å². The average molecular weight is 361 g/mol. The van der Waals surface area contributed by atoms with E-state index in [1.807, 2.05) is 30.3 Å². The molecule has 26 heavy (non-hydrogen) atoms. The van der Waals surface area contributed by atoms with Crippen LogP contribution in [0.1, 0.15) is 24.0 Å². The van der Waals surface area contributed by atoms with E-state index in [0.717, 1.165) is 5.56 Å². The third kappa shape index (κ3) is 4.71. The van der Waals surface area contributed by atoms with Gasteiger partial charge in [-0.25, -0.2) is 8.78 Å². The van der Waals surface area contributed by atoms with Gasteiger partial charge in [0.05, 0.1) is 13.0 Å². The van der Waals surface area contributed by atoms with Gasteiger partial charge in [-0.3, -0.25) is 4.79 Å². The maximum atomic E-state index is 13.5. The lowest BCUT2D eigenvalue weighted by atomic mass is 10.0. The van der Waals surface area contributed by atoms with Gasteiger partial charge in [-0.2, -0.15) is 0 Å². The summed E-state index contributed by atoms with van der Waals surface area (Å²) in [4.78, 5) is 13.6. The molecule has 4 nitrogen and oxygen atoms in total. The van der Waals surface area contributed by atoms with Crippen molar-refractivity contribution in [2.75, 3.05) is 13.1 Å². The molecule has 0 bridgehead atoms. The van der Waals surface area contributed by atoms with Crippen LogP contribution in [0, 0.1) is 0 Å². The predicted molar refractivity (Wildman–Crippen MR) is 93.3 cm³/mol. The van der Waals surface area contributed by atoms with Crippen LogP contribution in [0.4, 0.5) is 8.78 Å². The number of halogens is 2. The summed E-state index contributed by atoms with van der Waals surface area (Å²) < 4.78 is 32.9. The van der Waals surface area contributed by atoms with Crippen molar-refractivity contribution < 1.29 is 23.4 Å². The third-order valence-corrected chi connectivity index (χ3v) is 4.37. The van der Waals surface area contributed by atoms with Crippen molar-refractivity contribution in [3.8, 4) is 11.5 Å². The summed E-state index contributed by atoms with van der Waals surface area (Å²) in [6.07, 6.45) is 0.0130. The molecule has 0 radical (unpaired) electrons. The van der Waals surface area contributed by atoms with Crippen molar-refractivity contribution in [1.82, 2.24) is 4.90 Å². The van der Waals surface area contributed by atoms with Gasteiger partial charge in [-0.05, 0) is 30.2 Å². The molecule has 0 aliphatic carbocycles. The highest BCUT2D eigenvalue weighted by Gasteiger charge is 2.37. The molecule has 1 heterocycles. The summed E-state index contributed by atoms with van der Waals surface area (Å²) in [6, 6.07) is 14.0. The van der Waals surface area contributed by atoms with E-state index < -0.39 is 12.5 Å². The first-order valence-electron chi connectivity index (χ1n) is 8.57. The van der Waals surface area contributed by atoms with E-state index in [0.29, 0.717) is 24.5 Å². The summed E-state index contributed by atoms with van der Waals surface area (Å²) in [5.41, 5.74) is 1.45. The zero-order chi connectivity index (χ0) is 18.6. The molecule has 2 aromatic rings. The monoisotopic (exact) mass is 361 g/mol. The molecule has 1 saturated heterocycles. The number of benzene rings is 2. The second kappa shape index (κ2) is 7.72. The van der Waals surface area contributed by atoms with Crippen molar-refractivity contribution in [3.63, 3.8) is 0 Å². The maximum Gasteiger partial charge on any atom is 0.265 e. The number of phenols is 1. The Labute approximate surface area is 151 Å². The van der Waals surface area contributed by atoms with Crippen LogP contribution in [-0.2, 0) is 17.8 Å². The van der Waals surface area contributed by atoms with E-state index in [1.165, 1.54) is 17.0 Å². The van der Waals surface area contributed by atoms with Crippen molar-refractivity contribution in [2.45, 2.75) is 31.8 Å². The second-order valence-electron chi connectivity index (χ2n) is 6.52. The Balaban J connectivity index is 1.70. The van der Waals surface area contributed by atoms with Gasteiger partial charge in [0, 0.05) is 18.5 Å². The van der Waals surface area contributed by atoms with Crippen molar-refractivity contribution >= 4 is 5.91 Å². The minimum atomic E-state index is -2.83. The van der Waals surface area contributed by atoms with E-state index in [9.17, 15) is 18.7 Å². The highest BCUT2D eigenvalue weighted by molar-refractivity contribution is 5.80. The minimum absolute atomic E-state index is 0.00355. The van der Waals surface area contributed by atoms with E-state index in [-0.39, 0.29) is 30.9 Å². The van der Waals surface area contributed by atoms with Crippen molar-refractivity contribution in [1.29, 1.82) is 0 Å². The molecule has 0 aromatic heterocycles. The second-order valence-corrected chi connectivity index (χ2v) is 6.52. The number of phenolic OH excluding ortho intramolecular Hbond substituents is 1. The number of carbonyl (C=O) groups is 1. The summed E-state index contributed by atoms with van der Waals surface area (Å²) in [7, 11) is 0. The Morgan fingerprint density at radius 1 is 1.19 bits per heavy atom. The van der Waals surface area contributed by atoms with Crippen LogP contribution in [0.3, 0.4) is 0 Å². The molecule has 1 fully saturated rings. The van der Waals surface area contributed by atoms with Crippen molar-refractivity contribution in [2.24, 2.45) is 0 Å². The van der Waals surface area contributed by atoms with Gasteiger partial charge in [0.25, 0.3) is 5.92 Å². The molecule has 1 amide bonds. The molecule has 1 N–H and O–H groups in total. The van der Waals surface area contributed by atoms with Gasteiger partial charge in [-0.15, -0.1) is 0 Å². The first-order valence-corrected chi connectivity index (χ1v) is 8.57. The van der Waals surface area contributed by atoms with Gasteiger partial charge in [0.15, 0.2) is 0 Å². The van der Waals surface area contributed by atoms with Gasteiger partial charge < -0.3 is 14.7 Å². The number of hydrogen-bond acceptors (Lipinski definition) is 3. The quantitative estimate of drug-likeness (QED) is 0.882. The highest BCUT2D eigenvalue weighted by Crippen LogP contribution is 2.29. The lowest BCUT2D eigenvalue weighted by Crippen LogP contribution is -2.46. The number of nitrogens with zero attached hydrogens (tertiary/aromatic N) is 1. The number of likely N-dealkylation sites (tertiary alicyclic amines) is 1. The largest absolute Gasteiger partial charge is 0.508 e. The molecule has 0 unspecified atom stereocenters. The maximum absolute atomic E-state index is 13.5. The van der Waals surface area contributed by atoms with Crippen LogP contribution in [0.5, 0.6) is 11.5 Å². The normalized spacial score (nSPS) is 16.3. The number of alkyl halides is 2. The summed E-state index contributed by atoms with van der Waals surface area (Å²) >= 11 is 0. The average Bonchev–Trinajstić information content (AvgIpc) is 2.61. The van der Waals surface area contributed by atoms with E-state index in [2.05, 4.69) is 0 Å². The highest BCUT2D eigenvalue weighted by atomic mass is 19.3. The predicted octanol–water partition coefficient (Wildman–Crippen LogP) is 3.77. The number of rotatable bonds is 5. The molecule has 138 valence electrons. The zero-order valence-electron chi connectivity index (χ0n) is 14.3. The molecule has 0 spiro atoms. The molecule has 0 saturated carbocycles. The summed E-state index contributed by atoms with van der Waals surface area (Å²) in [5.74, 6) is -2.76. The number of amides is 1. The van der Waals surface area contributed by atoms with Gasteiger partial charge >= 0.3 is 0 Å². The molecule has 6 heteroatoms.